The lowest BCUT2D eigenvalue weighted by atomic mass is 10.1. The second kappa shape index (κ2) is 5.10. The van der Waals surface area contributed by atoms with Gasteiger partial charge in [0.25, 0.3) is 0 Å². The molecule has 0 heterocycles. The van der Waals surface area contributed by atoms with Crippen molar-refractivity contribution in [2.75, 3.05) is 6.61 Å². The molecule has 0 amide bonds. The summed E-state index contributed by atoms with van der Waals surface area (Å²) < 4.78 is 79.3. The molecule has 106 valence electrons. The van der Waals surface area contributed by atoms with E-state index in [-0.39, 0.29) is 6.07 Å². The fourth-order valence-electron chi connectivity index (χ4n) is 1.19. The van der Waals surface area contributed by atoms with Gasteiger partial charge in [-0.3, -0.25) is 4.79 Å². The van der Waals surface area contributed by atoms with Crippen LogP contribution in [0.3, 0.4) is 0 Å². The van der Waals surface area contributed by atoms with E-state index in [0.717, 1.165) is 6.92 Å². The molecule has 0 spiro atoms. The highest BCUT2D eigenvalue weighted by molar-refractivity contribution is 5.77. The Hall–Kier alpha value is -1.73. The van der Waals surface area contributed by atoms with Crippen LogP contribution in [0.4, 0.5) is 26.3 Å². The van der Waals surface area contributed by atoms with Gasteiger partial charge in [0.2, 0.25) is 0 Å². The molecule has 1 aromatic carbocycles. The second-order valence-corrected chi connectivity index (χ2v) is 3.73. The minimum absolute atomic E-state index is 0.0133. The number of carbonyl (C=O) groups is 1. The molecule has 0 unspecified atom stereocenters. The number of rotatable bonds is 3. The second-order valence-electron chi connectivity index (χ2n) is 3.73. The van der Waals surface area contributed by atoms with Crippen molar-refractivity contribution < 1.29 is 35.9 Å². The monoisotopic (exact) mass is 286 g/mol. The SMILES string of the molecule is CC(=O)COc1cc(C(F)(F)F)cc(C(F)(F)F)c1. The van der Waals surface area contributed by atoms with Gasteiger partial charge in [0.15, 0.2) is 5.78 Å². The van der Waals surface area contributed by atoms with Gasteiger partial charge in [0.1, 0.15) is 12.4 Å². The van der Waals surface area contributed by atoms with E-state index >= 15 is 0 Å². The first-order valence-corrected chi connectivity index (χ1v) is 4.92. The lowest BCUT2D eigenvalue weighted by Gasteiger charge is -2.14. The van der Waals surface area contributed by atoms with Crippen molar-refractivity contribution in [3.05, 3.63) is 29.3 Å². The average molecular weight is 286 g/mol. The topological polar surface area (TPSA) is 26.3 Å². The maximum atomic E-state index is 12.4. The Morgan fingerprint density at radius 3 is 1.74 bits per heavy atom. The van der Waals surface area contributed by atoms with Crippen molar-refractivity contribution in [3.63, 3.8) is 0 Å². The number of ketones is 1. The van der Waals surface area contributed by atoms with Crippen molar-refractivity contribution in [3.8, 4) is 5.75 Å². The molecule has 0 radical (unpaired) electrons. The molecule has 1 rings (SSSR count). The maximum absolute atomic E-state index is 12.4. The molecule has 0 bridgehead atoms. The number of ether oxygens (including phenoxy) is 1. The maximum Gasteiger partial charge on any atom is 0.416 e. The Kier molecular flexibility index (Phi) is 4.12. The summed E-state index contributed by atoms with van der Waals surface area (Å²) in [5, 5.41) is 0. The predicted molar refractivity (Wildman–Crippen MR) is 52.6 cm³/mol. The van der Waals surface area contributed by atoms with Crippen LogP contribution in [0.2, 0.25) is 0 Å². The van der Waals surface area contributed by atoms with Crippen LogP contribution in [0, 0.1) is 0 Å². The Balaban J connectivity index is 3.21. The lowest BCUT2D eigenvalue weighted by molar-refractivity contribution is -0.143. The highest BCUT2D eigenvalue weighted by atomic mass is 19.4. The van der Waals surface area contributed by atoms with Crippen LogP contribution in [0.15, 0.2) is 18.2 Å². The molecule has 0 aliphatic rings. The van der Waals surface area contributed by atoms with Gasteiger partial charge in [0, 0.05) is 0 Å². The Bertz CT molecular complexity index is 443. The van der Waals surface area contributed by atoms with Gasteiger partial charge < -0.3 is 4.74 Å². The number of Topliss-reactive ketones (excluding diaryl/α,β-unsaturated/α-hetero) is 1. The molecule has 0 aliphatic carbocycles. The smallest absolute Gasteiger partial charge is 0.416 e. The van der Waals surface area contributed by atoms with Gasteiger partial charge in [-0.2, -0.15) is 26.3 Å². The van der Waals surface area contributed by atoms with Gasteiger partial charge in [-0.25, -0.2) is 0 Å². The van der Waals surface area contributed by atoms with E-state index in [1.807, 2.05) is 0 Å². The first kappa shape index (κ1) is 15.3. The van der Waals surface area contributed by atoms with Crippen LogP contribution in [0.25, 0.3) is 0 Å². The van der Waals surface area contributed by atoms with Gasteiger partial charge in [0.05, 0.1) is 11.1 Å². The first-order valence-electron chi connectivity index (χ1n) is 4.92. The number of carbonyl (C=O) groups excluding carboxylic acids is 1. The summed E-state index contributed by atoms with van der Waals surface area (Å²) in [6.07, 6.45) is -9.87. The number of hydrogen-bond acceptors (Lipinski definition) is 2. The standard InChI is InChI=1S/C11H8F6O2/c1-6(18)5-19-9-3-7(10(12,13)14)2-8(4-9)11(15,16)17/h2-4H,5H2,1H3. The molecule has 0 saturated heterocycles. The zero-order valence-corrected chi connectivity index (χ0v) is 9.52. The van der Waals surface area contributed by atoms with Gasteiger partial charge >= 0.3 is 12.4 Å². The number of hydrogen-bond donors (Lipinski definition) is 0. The highest BCUT2D eigenvalue weighted by Gasteiger charge is 2.37. The van der Waals surface area contributed by atoms with Gasteiger partial charge in [-0.1, -0.05) is 0 Å². The van der Waals surface area contributed by atoms with Crippen molar-refractivity contribution in [2.24, 2.45) is 0 Å². The third kappa shape index (κ3) is 4.46. The van der Waals surface area contributed by atoms with Crippen LogP contribution in [0.1, 0.15) is 18.1 Å². The first-order chi connectivity index (χ1) is 8.50. The molecule has 1 aromatic rings. The van der Waals surface area contributed by atoms with Crippen molar-refractivity contribution in [1.29, 1.82) is 0 Å². The van der Waals surface area contributed by atoms with Crippen LogP contribution in [-0.2, 0) is 17.1 Å². The number of alkyl halides is 6. The molecule has 19 heavy (non-hydrogen) atoms. The molecular formula is C11H8F6O2. The van der Waals surface area contributed by atoms with Crippen LogP contribution >= 0.6 is 0 Å². The molecule has 2 nitrogen and oxygen atoms in total. The molecule has 8 heteroatoms. The van der Waals surface area contributed by atoms with Crippen molar-refractivity contribution in [1.82, 2.24) is 0 Å². The average Bonchev–Trinajstić information content (AvgIpc) is 2.23. The van der Waals surface area contributed by atoms with Crippen molar-refractivity contribution >= 4 is 5.78 Å². The Morgan fingerprint density at radius 2 is 1.42 bits per heavy atom. The fourth-order valence-corrected chi connectivity index (χ4v) is 1.19. The van der Waals surface area contributed by atoms with Crippen LogP contribution < -0.4 is 4.74 Å². The third-order valence-corrected chi connectivity index (χ3v) is 2.00. The minimum atomic E-state index is -4.93. The molecule has 0 aliphatic heterocycles. The van der Waals surface area contributed by atoms with E-state index in [1.54, 1.807) is 0 Å². The zero-order chi connectivity index (χ0) is 14.8. The van der Waals surface area contributed by atoms with Crippen molar-refractivity contribution in [2.45, 2.75) is 19.3 Å². The largest absolute Gasteiger partial charge is 0.486 e. The summed E-state index contributed by atoms with van der Waals surface area (Å²) in [5.74, 6) is -1.18. The zero-order valence-electron chi connectivity index (χ0n) is 9.52. The lowest BCUT2D eigenvalue weighted by Crippen LogP contribution is -2.13. The van der Waals surface area contributed by atoms with E-state index in [0.29, 0.717) is 12.1 Å². The number of halogens is 6. The van der Waals surface area contributed by atoms with E-state index in [9.17, 15) is 31.1 Å². The molecule has 0 saturated carbocycles. The van der Waals surface area contributed by atoms with Gasteiger partial charge in [-0.15, -0.1) is 0 Å². The fraction of sp³-hybridized carbons (Fsp3) is 0.364. The van der Waals surface area contributed by atoms with E-state index < -0.39 is 41.6 Å². The van der Waals surface area contributed by atoms with E-state index in [4.69, 9.17) is 0 Å². The Morgan fingerprint density at radius 1 is 1.00 bits per heavy atom. The summed E-state index contributed by atoms with van der Waals surface area (Å²) in [4.78, 5) is 10.6. The summed E-state index contributed by atoms with van der Waals surface area (Å²) in [6.45, 7) is 0.497. The summed E-state index contributed by atoms with van der Waals surface area (Å²) in [5.41, 5.74) is -2.97. The normalized spacial score (nSPS) is 12.4. The summed E-state index contributed by atoms with van der Waals surface area (Å²) in [7, 11) is 0. The molecule has 0 N–H and O–H groups in total. The summed E-state index contributed by atoms with van der Waals surface area (Å²) in [6, 6.07) is 0.816. The van der Waals surface area contributed by atoms with E-state index in [2.05, 4.69) is 4.74 Å². The third-order valence-electron chi connectivity index (χ3n) is 2.00. The van der Waals surface area contributed by atoms with E-state index in [1.165, 1.54) is 0 Å². The van der Waals surface area contributed by atoms with Crippen LogP contribution in [0.5, 0.6) is 5.75 Å². The minimum Gasteiger partial charge on any atom is -0.486 e. The summed E-state index contributed by atoms with van der Waals surface area (Å²) >= 11 is 0. The quantitative estimate of drug-likeness (QED) is 0.792. The molecule has 0 fully saturated rings. The van der Waals surface area contributed by atoms with Crippen LogP contribution in [-0.4, -0.2) is 12.4 Å². The predicted octanol–water partition coefficient (Wildman–Crippen LogP) is 3.69. The molecule has 0 aromatic heterocycles. The number of benzene rings is 1. The highest BCUT2D eigenvalue weighted by Crippen LogP contribution is 2.38. The molecule has 0 atom stereocenters. The molecular weight excluding hydrogens is 278 g/mol. The van der Waals surface area contributed by atoms with Gasteiger partial charge in [-0.05, 0) is 25.1 Å². The Labute approximate surface area is 104 Å².